The number of nitrogens with zero attached hydrogens (tertiary/aromatic N) is 2. The zero-order valence-electron chi connectivity index (χ0n) is 10.9. The quantitative estimate of drug-likeness (QED) is 0.614. The number of Topliss-reactive ketones (excluding diaryl/α,β-unsaturated/α-hetero) is 1. The lowest BCUT2D eigenvalue weighted by atomic mass is 10.0. The summed E-state index contributed by atoms with van der Waals surface area (Å²) in [5.74, 6) is -0.417. The summed E-state index contributed by atoms with van der Waals surface area (Å²) >= 11 is 6.10. The first-order valence-corrected chi connectivity index (χ1v) is 6.36. The fraction of sp³-hybridized carbons (Fsp3) is 0.286. The molecule has 0 aliphatic carbocycles. The molecule has 1 aliphatic rings. The molecule has 5 heteroatoms. The first kappa shape index (κ1) is 13.6. The molecule has 1 fully saturated rings. The molecule has 1 heterocycles. The number of carbonyl (C=O) groups excluding carboxylic acids is 2. The molecule has 1 saturated heterocycles. The van der Waals surface area contributed by atoms with Gasteiger partial charge in [0, 0.05) is 33.3 Å². The van der Waals surface area contributed by atoms with Crippen LogP contribution in [0.4, 0.5) is 5.69 Å². The van der Waals surface area contributed by atoms with Crippen LogP contribution in [0.5, 0.6) is 0 Å². The Kier molecular flexibility index (Phi) is 3.90. The van der Waals surface area contributed by atoms with Crippen LogP contribution in [0.25, 0.3) is 0 Å². The van der Waals surface area contributed by atoms with Crippen molar-refractivity contribution in [1.82, 2.24) is 4.90 Å². The van der Waals surface area contributed by atoms with Crippen molar-refractivity contribution in [2.75, 3.05) is 25.5 Å². The number of amides is 1. The fourth-order valence-corrected chi connectivity index (χ4v) is 2.24. The van der Waals surface area contributed by atoms with Gasteiger partial charge in [0.05, 0.1) is 16.3 Å². The van der Waals surface area contributed by atoms with Gasteiger partial charge in [-0.2, -0.15) is 0 Å². The zero-order valence-corrected chi connectivity index (χ0v) is 11.6. The Hall–Kier alpha value is -1.81. The molecule has 0 bridgehead atoms. The lowest BCUT2D eigenvalue weighted by Gasteiger charge is -2.28. The van der Waals surface area contributed by atoms with Gasteiger partial charge in [0.25, 0.3) is 5.91 Å². The van der Waals surface area contributed by atoms with Crippen LogP contribution in [0.2, 0.25) is 5.02 Å². The Bertz CT molecular complexity index is 552. The Morgan fingerprint density at radius 2 is 1.95 bits per heavy atom. The molecule has 100 valence electrons. The van der Waals surface area contributed by atoms with E-state index in [1.54, 1.807) is 42.2 Å². The van der Waals surface area contributed by atoms with Crippen LogP contribution in [0.15, 0.2) is 36.0 Å². The number of anilines is 1. The van der Waals surface area contributed by atoms with E-state index in [1.807, 2.05) is 12.1 Å². The maximum absolute atomic E-state index is 12.4. The van der Waals surface area contributed by atoms with E-state index in [0.717, 1.165) is 0 Å². The molecule has 1 aliphatic heterocycles. The third-order valence-electron chi connectivity index (χ3n) is 2.87. The number of para-hydroxylation sites is 1. The van der Waals surface area contributed by atoms with Crippen LogP contribution < -0.4 is 4.90 Å². The van der Waals surface area contributed by atoms with Crippen LogP contribution in [0.3, 0.4) is 0 Å². The summed E-state index contributed by atoms with van der Waals surface area (Å²) in [6.07, 6.45) is 1.88. The predicted molar refractivity (Wildman–Crippen MR) is 75.2 cm³/mol. The number of halogens is 1. The zero-order chi connectivity index (χ0) is 14.0. The summed E-state index contributed by atoms with van der Waals surface area (Å²) in [7, 11) is 3.56. The molecule has 0 saturated carbocycles. The number of rotatable bonds is 2. The first-order chi connectivity index (χ1) is 9.00. The molecule has 0 atom stereocenters. The molecule has 1 aromatic rings. The molecular weight excluding hydrogens is 264 g/mol. The van der Waals surface area contributed by atoms with Gasteiger partial charge in [-0.05, 0) is 12.1 Å². The highest BCUT2D eigenvalue weighted by atomic mass is 35.5. The molecule has 0 radical (unpaired) electrons. The topological polar surface area (TPSA) is 40.6 Å². The van der Waals surface area contributed by atoms with Gasteiger partial charge >= 0.3 is 0 Å². The summed E-state index contributed by atoms with van der Waals surface area (Å²) in [4.78, 5) is 27.5. The highest BCUT2D eigenvalue weighted by molar-refractivity contribution is 6.35. The van der Waals surface area contributed by atoms with Gasteiger partial charge in [-0.25, -0.2) is 0 Å². The van der Waals surface area contributed by atoms with Crippen LogP contribution >= 0.6 is 11.6 Å². The molecule has 1 aromatic carbocycles. The number of carbonyl (C=O) groups is 2. The van der Waals surface area contributed by atoms with Crippen molar-refractivity contribution in [1.29, 1.82) is 0 Å². The summed E-state index contributed by atoms with van der Waals surface area (Å²) in [6.45, 7) is 0.367. The van der Waals surface area contributed by atoms with Gasteiger partial charge in [0.1, 0.15) is 0 Å². The van der Waals surface area contributed by atoms with E-state index in [0.29, 0.717) is 23.7 Å². The molecule has 0 N–H and O–H groups in total. The van der Waals surface area contributed by atoms with Crippen molar-refractivity contribution in [2.45, 2.75) is 6.42 Å². The average Bonchev–Trinajstić information content (AvgIpc) is 2.36. The maximum Gasteiger partial charge on any atom is 0.263 e. The van der Waals surface area contributed by atoms with Gasteiger partial charge in [-0.3, -0.25) is 9.59 Å². The second-order valence-electron chi connectivity index (χ2n) is 4.59. The summed E-state index contributed by atoms with van der Waals surface area (Å²) < 4.78 is 0. The van der Waals surface area contributed by atoms with E-state index in [4.69, 9.17) is 11.6 Å². The second-order valence-corrected chi connectivity index (χ2v) is 4.99. The standard InChI is InChI=1S/C14H15ClN2O2/c1-16(2)9-10-13(18)7-8-17(14(10)19)12-6-4-3-5-11(12)15/h3-6,9H,7-8H2,1-2H3. The van der Waals surface area contributed by atoms with Crippen molar-refractivity contribution in [3.63, 3.8) is 0 Å². The van der Waals surface area contributed by atoms with Crippen molar-refractivity contribution in [3.05, 3.63) is 41.1 Å². The highest BCUT2D eigenvalue weighted by Gasteiger charge is 2.31. The average molecular weight is 279 g/mol. The number of benzene rings is 1. The van der Waals surface area contributed by atoms with Crippen LogP contribution in [0.1, 0.15) is 6.42 Å². The Balaban J connectivity index is 2.37. The predicted octanol–water partition coefficient (Wildman–Crippen LogP) is 2.09. The smallest absolute Gasteiger partial charge is 0.263 e. The van der Waals surface area contributed by atoms with E-state index in [9.17, 15) is 9.59 Å². The van der Waals surface area contributed by atoms with Crippen LogP contribution in [-0.4, -0.2) is 37.2 Å². The van der Waals surface area contributed by atoms with E-state index in [1.165, 1.54) is 0 Å². The molecule has 1 amide bonds. The second kappa shape index (κ2) is 5.45. The normalized spacial score (nSPS) is 18.1. The Morgan fingerprint density at radius 3 is 2.58 bits per heavy atom. The largest absolute Gasteiger partial charge is 0.383 e. The van der Waals surface area contributed by atoms with Crippen molar-refractivity contribution >= 4 is 29.0 Å². The lowest BCUT2D eigenvalue weighted by Crippen LogP contribution is -2.41. The van der Waals surface area contributed by atoms with Gasteiger partial charge in [-0.15, -0.1) is 0 Å². The molecule has 4 nitrogen and oxygen atoms in total. The van der Waals surface area contributed by atoms with Gasteiger partial charge in [0.2, 0.25) is 0 Å². The lowest BCUT2D eigenvalue weighted by molar-refractivity contribution is -0.123. The minimum atomic E-state index is -0.293. The monoisotopic (exact) mass is 278 g/mol. The van der Waals surface area contributed by atoms with Gasteiger partial charge in [-0.1, -0.05) is 23.7 Å². The third-order valence-corrected chi connectivity index (χ3v) is 3.19. The minimum Gasteiger partial charge on any atom is -0.383 e. The summed E-state index contributed by atoms with van der Waals surface area (Å²) in [6, 6.07) is 7.14. The van der Waals surface area contributed by atoms with Crippen molar-refractivity contribution < 1.29 is 9.59 Å². The third kappa shape index (κ3) is 2.79. The van der Waals surface area contributed by atoms with E-state index in [2.05, 4.69) is 0 Å². The number of hydrogen-bond acceptors (Lipinski definition) is 3. The molecule has 2 rings (SSSR count). The minimum absolute atomic E-state index is 0.123. The highest BCUT2D eigenvalue weighted by Crippen LogP contribution is 2.29. The SMILES string of the molecule is CN(C)C=C1C(=O)CCN(c2ccccc2Cl)C1=O. The molecular formula is C14H15ClN2O2. The van der Waals surface area contributed by atoms with E-state index < -0.39 is 0 Å². The number of piperidine rings is 1. The molecule has 0 spiro atoms. The Labute approximate surface area is 117 Å². The number of ketones is 1. The molecule has 0 aromatic heterocycles. The number of hydrogen-bond donors (Lipinski definition) is 0. The van der Waals surface area contributed by atoms with Crippen molar-refractivity contribution in [2.24, 2.45) is 0 Å². The van der Waals surface area contributed by atoms with Gasteiger partial charge in [0.15, 0.2) is 5.78 Å². The first-order valence-electron chi connectivity index (χ1n) is 5.98. The van der Waals surface area contributed by atoms with Crippen LogP contribution in [0, 0.1) is 0 Å². The van der Waals surface area contributed by atoms with E-state index >= 15 is 0 Å². The molecule has 19 heavy (non-hydrogen) atoms. The molecule has 0 unspecified atom stereocenters. The fourth-order valence-electron chi connectivity index (χ4n) is 2.00. The maximum atomic E-state index is 12.4. The van der Waals surface area contributed by atoms with E-state index in [-0.39, 0.29) is 17.3 Å². The summed E-state index contributed by atoms with van der Waals surface area (Å²) in [5.41, 5.74) is 0.850. The Morgan fingerprint density at radius 1 is 1.26 bits per heavy atom. The summed E-state index contributed by atoms with van der Waals surface area (Å²) in [5, 5.41) is 0.509. The van der Waals surface area contributed by atoms with Crippen LogP contribution in [-0.2, 0) is 9.59 Å². The van der Waals surface area contributed by atoms with Crippen molar-refractivity contribution in [3.8, 4) is 0 Å². The van der Waals surface area contributed by atoms with Gasteiger partial charge < -0.3 is 9.80 Å².